The van der Waals surface area contributed by atoms with Gasteiger partial charge in [-0.15, -0.1) is 0 Å². The number of hydrogen-bond acceptors (Lipinski definition) is 5. The van der Waals surface area contributed by atoms with Gasteiger partial charge in [-0.1, -0.05) is 58.3 Å². The monoisotopic (exact) mass is 402 g/mol. The average molecular weight is 403 g/mol. The number of unbranched alkanes of at least 4 members (excludes halogenated alkanes) is 8. The van der Waals surface area contributed by atoms with Crippen LogP contribution in [0.5, 0.6) is 0 Å². The van der Waals surface area contributed by atoms with Crippen LogP contribution in [0.25, 0.3) is 0 Å². The van der Waals surface area contributed by atoms with Crippen LogP contribution in [0.1, 0.15) is 71.1 Å². The van der Waals surface area contributed by atoms with Crippen LogP contribution in [-0.4, -0.2) is 82.3 Å². The topological polar surface area (TPSA) is 118 Å². The van der Waals surface area contributed by atoms with Gasteiger partial charge in [0.1, 0.15) is 0 Å². The number of carbonyl (C=O) groups is 3. The molecule has 0 heterocycles. The van der Waals surface area contributed by atoms with E-state index in [2.05, 4.69) is 6.92 Å². The number of carbonyl (C=O) groups excluding carboxylic acids is 1. The Morgan fingerprint density at radius 3 is 1.68 bits per heavy atom. The number of nitrogens with zero attached hydrogens (tertiary/aromatic N) is 2. The number of aliphatic hydroxyl groups is 1. The van der Waals surface area contributed by atoms with Crippen molar-refractivity contribution in [3.63, 3.8) is 0 Å². The number of rotatable bonds is 19. The molecule has 0 rings (SSSR count). The zero-order valence-electron chi connectivity index (χ0n) is 17.3. The van der Waals surface area contributed by atoms with Gasteiger partial charge < -0.3 is 20.2 Å². The fourth-order valence-corrected chi connectivity index (χ4v) is 3.09. The minimum Gasteiger partial charge on any atom is -0.480 e. The number of hydrogen-bond donors (Lipinski definition) is 3. The third-order valence-corrected chi connectivity index (χ3v) is 4.62. The number of amides is 1. The lowest BCUT2D eigenvalue weighted by Gasteiger charge is -2.25. The van der Waals surface area contributed by atoms with Gasteiger partial charge in [0, 0.05) is 26.1 Å². The zero-order valence-corrected chi connectivity index (χ0v) is 17.3. The molecule has 0 saturated heterocycles. The second-order valence-electron chi connectivity index (χ2n) is 7.18. The molecule has 1 amide bonds. The van der Waals surface area contributed by atoms with E-state index in [1.54, 1.807) is 0 Å². The molecule has 0 aromatic rings. The van der Waals surface area contributed by atoms with E-state index < -0.39 is 25.0 Å². The van der Waals surface area contributed by atoms with Crippen LogP contribution in [0.3, 0.4) is 0 Å². The summed E-state index contributed by atoms with van der Waals surface area (Å²) >= 11 is 0. The Balaban J connectivity index is 4.15. The highest BCUT2D eigenvalue weighted by Crippen LogP contribution is 2.11. The lowest BCUT2D eigenvalue weighted by molar-refractivity contribution is -0.141. The third-order valence-electron chi connectivity index (χ3n) is 4.62. The summed E-state index contributed by atoms with van der Waals surface area (Å²) in [4.78, 5) is 36.8. The van der Waals surface area contributed by atoms with Crippen LogP contribution in [-0.2, 0) is 14.4 Å². The van der Waals surface area contributed by atoms with Gasteiger partial charge in [-0.3, -0.25) is 19.3 Å². The summed E-state index contributed by atoms with van der Waals surface area (Å²) in [7, 11) is 0. The standard InChI is InChI=1S/C20H38N2O6/c1-2-3-4-5-6-7-8-9-10-11-18(24)22(14-15-23)13-12-21(16-19(25)26)17-20(27)28/h23H,2-17H2,1H3,(H,25,26)(H,27,28). The van der Waals surface area contributed by atoms with Crippen molar-refractivity contribution < 1.29 is 29.7 Å². The Kier molecular flexibility index (Phi) is 16.4. The Hall–Kier alpha value is -1.67. The SMILES string of the molecule is CCCCCCCCCCCC(=O)N(CCO)CCN(CC(=O)O)CC(=O)O. The molecule has 0 aliphatic rings. The van der Waals surface area contributed by atoms with E-state index >= 15 is 0 Å². The quantitative estimate of drug-likeness (QED) is 0.283. The van der Waals surface area contributed by atoms with Crippen molar-refractivity contribution in [2.24, 2.45) is 0 Å². The molecule has 8 heteroatoms. The first-order valence-electron chi connectivity index (χ1n) is 10.4. The van der Waals surface area contributed by atoms with Crippen molar-refractivity contribution in [2.45, 2.75) is 71.1 Å². The van der Waals surface area contributed by atoms with Gasteiger partial charge in [-0.2, -0.15) is 0 Å². The molecule has 0 aliphatic carbocycles. The molecule has 0 radical (unpaired) electrons. The Morgan fingerprint density at radius 2 is 1.21 bits per heavy atom. The molecule has 0 fully saturated rings. The largest absolute Gasteiger partial charge is 0.480 e. The Labute approximate surface area is 168 Å². The third kappa shape index (κ3) is 15.4. The molecule has 0 bridgehead atoms. The van der Waals surface area contributed by atoms with Crippen LogP contribution in [0, 0.1) is 0 Å². The highest BCUT2D eigenvalue weighted by atomic mass is 16.4. The minimum absolute atomic E-state index is 0.0809. The first kappa shape index (κ1) is 26.3. The second kappa shape index (κ2) is 17.4. The van der Waals surface area contributed by atoms with E-state index in [0.717, 1.165) is 19.3 Å². The maximum absolute atomic E-state index is 12.4. The van der Waals surface area contributed by atoms with Gasteiger partial charge in [-0.05, 0) is 6.42 Å². The van der Waals surface area contributed by atoms with Gasteiger partial charge >= 0.3 is 11.9 Å². The Bertz CT molecular complexity index is 428. The van der Waals surface area contributed by atoms with E-state index in [1.807, 2.05) is 0 Å². The van der Waals surface area contributed by atoms with E-state index in [1.165, 1.54) is 48.3 Å². The van der Waals surface area contributed by atoms with Gasteiger partial charge in [0.15, 0.2) is 0 Å². The predicted octanol–water partition coefficient (Wildman–Crippen LogP) is 2.20. The lowest BCUT2D eigenvalue weighted by atomic mass is 10.1. The van der Waals surface area contributed by atoms with Crippen LogP contribution in [0.4, 0.5) is 0 Å². The van der Waals surface area contributed by atoms with Crippen LogP contribution >= 0.6 is 0 Å². The van der Waals surface area contributed by atoms with E-state index in [9.17, 15) is 19.5 Å². The molecule has 0 unspecified atom stereocenters. The van der Waals surface area contributed by atoms with Crippen molar-refractivity contribution in [2.75, 3.05) is 39.3 Å². The highest BCUT2D eigenvalue weighted by molar-refractivity contribution is 5.76. The molecule has 0 spiro atoms. The van der Waals surface area contributed by atoms with Crippen molar-refractivity contribution in [3.8, 4) is 0 Å². The second-order valence-corrected chi connectivity index (χ2v) is 7.18. The van der Waals surface area contributed by atoms with Crippen LogP contribution in [0.15, 0.2) is 0 Å². The van der Waals surface area contributed by atoms with E-state index in [-0.39, 0.29) is 32.1 Å². The highest BCUT2D eigenvalue weighted by Gasteiger charge is 2.17. The molecule has 0 aliphatic heterocycles. The summed E-state index contributed by atoms with van der Waals surface area (Å²) < 4.78 is 0. The first-order chi connectivity index (χ1) is 13.4. The summed E-state index contributed by atoms with van der Waals surface area (Å²) in [5.41, 5.74) is 0. The molecular weight excluding hydrogens is 364 g/mol. The van der Waals surface area contributed by atoms with Crippen LogP contribution in [0.2, 0.25) is 0 Å². The maximum atomic E-state index is 12.4. The van der Waals surface area contributed by atoms with Crippen LogP contribution < -0.4 is 0 Å². The van der Waals surface area contributed by atoms with Crippen molar-refractivity contribution in [3.05, 3.63) is 0 Å². The fraction of sp³-hybridized carbons (Fsp3) is 0.850. The number of carboxylic acids is 2. The molecule has 0 aromatic carbocycles. The molecule has 0 atom stereocenters. The summed E-state index contributed by atoms with van der Waals surface area (Å²) in [6.07, 6.45) is 10.9. The van der Waals surface area contributed by atoms with Crippen molar-refractivity contribution in [1.29, 1.82) is 0 Å². The van der Waals surface area contributed by atoms with Crippen molar-refractivity contribution in [1.82, 2.24) is 9.80 Å². The van der Waals surface area contributed by atoms with Gasteiger partial charge in [-0.25, -0.2) is 0 Å². The smallest absolute Gasteiger partial charge is 0.317 e. The zero-order chi connectivity index (χ0) is 21.2. The van der Waals surface area contributed by atoms with Crippen molar-refractivity contribution >= 4 is 17.8 Å². The number of aliphatic hydroxyl groups excluding tert-OH is 1. The summed E-state index contributed by atoms with van der Waals surface area (Å²) in [6.45, 7) is 1.75. The predicted molar refractivity (Wildman–Crippen MR) is 107 cm³/mol. The molecular formula is C20H38N2O6. The molecule has 164 valence electrons. The number of carboxylic acid groups (broad SMARTS) is 2. The summed E-state index contributed by atoms with van der Waals surface area (Å²) in [6, 6.07) is 0. The molecule has 3 N–H and O–H groups in total. The average Bonchev–Trinajstić information content (AvgIpc) is 2.62. The van der Waals surface area contributed by atoms with Gasteiger partial charge in [0.2, 0.25) is 5.91 Å². The maximum Gasteiger partial charge on any atom is 0.317 e. The van der Waals surface area contributed by atoms with Gasteiger partial charge in [0.25, 0.3) is 0 Å². The Morgan fingerprint density at radius 1 is 0.714 bits per heavy atom. The minimum atomic E-state index is -1.11. The van der Waals surface area contributed by atoms with E-state index in [4.69, 9.17) is 10.2 Å². The fourth-order valence-electron chi connectivity index (χ4n) is 3.09. The lowest BCUT2D eigenvalue weighted by Crippen LogP contribution is -2.43. The molecule has 8 nitrogen and oxygen atoms in total. The summed E-state index contributed by atoms with van der Waals surface area (Å²) in [5, 5.41) is 26.9. The number of aliphatic carboxylic acids is 2. The normalized spacial score (nSPS) is 11.0. The molecule has 28 heavy (non-hydrogen) atoms. The first-order valence-corrected chi connectivity index (χ1v) is 10.4. The molecule has 0 saturated carbocycles. The summed E-state index contributed by atoms with van der Waals surface area (Å²) in [5.74, 6) is -2.31. The molecule has 0 aromatic heterocycles. The van der Waals surface area contributed by atoms with E-state index in [0.29, 0.717) is 6.42 Å². The van der Waals surface area contributed by atoms with Gasteiger partial charge in [0.05, 0.1) is 19.7 Å².